The van der Waals surface area contributed by atoms with E-state index in [9.17, 15) is 43.2 Å². The molecule has 0 aromatic carbocycles. The second-order valence-electron chi connectivity index (χ2n) is 22.7. The maximum Gasteiger partial charge on any atom is 0.472 e. The zero-order valence-corrected chi connectivity index (χ0v) is 52.6. The normalized spacial score (nSPS) is 15.2. The summed E-state index contributed by atoms with van der Waals surface area (Å²) in [5.74, 6) is 0.0211. The topological polar surface area (TPSA) is 237 Å². The Labute approximate surface area is 479 Å². The molecule has 0 amide bonds. The average molecular weight is 1170 g/mol. The number of unbranched alkanes of at least 4 members (excludes halogenated alkanes) is 24. The largest absolute Gasteiger partial charge is 0.472 e. The Kier molecular flexibility index (Phi) is 50.4. The Bertz CT molecular complexity index is 1580. The number of rotatable bonds is 58. The molecule has 0 rings (SSSR count). The molecule has 0 saturated heterocycles. The molecule has 0 fully saturated rings. The van der Waals surface area contributed by atoms with Gasteiger partial charge in [0.2, 0.25) is 0 Å². The van der Waals surface area contributed by atoms with Gasteiger partial charge in [-0.3, -0.25) is 37.3 Å². The number of phosphoric ester groups is 2. The molecule has 7 atom stereocenters. The summed E-state index contributed by atoms with van der Waals surface area (Å²) in [5, 5.41) is 10.5. The number of carbonyl (C=O) groups is 4. The Morgan fingerprint density at radius 2 is 0.646 bits per heavy atom. The first kappa shape index (κ1) is 77.1. The van der Waals surface area contributed by atoms with Crippen LogP contribution in [-0.2, 0) is 65.4 Å². The van der Waals surface area contributed by atoms with Gasteiger partial charge in [-0.25, -0.2) is 9.13 Å². The number of hydrogen-bond acceptors (Lipinski definition) is 15. The van der Waals surface area contributed by atoms with Gasteiger partial charge in [0.1, 0.15) is 19.3 Å². The van der Waals surface area contributed by atoms with E-state index in [0.29, 0.717) is 25.7 Å². The van der Waals surface area contributed by atoms with Crippen molar-refractivity contribution in [1.29, 1.82) is 0 Å². The standard InChI is InChI=1S/C60H116O17P2/c1-8-11-12-13-14-18-27-34-41-57(62)70-47-56(77-60(65)44-37-30-23-21-26-33-40-53(7)10-3)50-75-79(68,69)73-46-54(61)45-72-78(66,67)74-49-55(48-71-58(63)42-35-28-22-20-25-32-39-52(6)9-2)76-59(64)43-36-29-19-16-15-17-24-31-38-51(4)5/h51-56,61H,8-50H2,1-7H3,(H,66,67)(H,68,69)/t52?,53?,54-,55-,56-/m1/s1. The predicted octanol–water partition coefficient (Wildman–Crippen LogP) is 15.9. The summed E-state index contributed by atoms with van der Waals surface area (Å²) in [6, 6.07) is 0. The SMILES string of the molecule is CCCCCCCCCCC(=O)OC[C@H](COP(=O)(O)OC[C@H](O)COP(=O)(O)OC[C@@H](COC(=O)CCCCCCCCC(C)CC)OC(=O)CCCCCCCCCCC(C)C)OC(=O)CCCCCCCCC(C)CC. The maximum atomic E-state index is 12.9. The van der Waals surface area contributed by atoms with Crippen LogP contribution in [0, 0.1) is 17.8 Å². The molecule has 0 aromatic heterocycles. The van der Waals surface area contributed by atoms with E-state index in [1.165, 1.54) is 83.5 Å². The Balaban J connectivity index is 5.25. The van der Waals surface area contributed by atoms with E-state index < -0.39 is 97.5 Å². The predicted molar refractivity (Wildman–Crippen MR) is 312 cm³/mol. The molecule has 0 aliphatic carbocycles. The van der Waals surface area contributed by atoms with Crippen LogP contribution in [0.3, 0.4) is 0 Å². The number of ether oxygens (including phenoxy) is 4. The fraction of sp³-hybridized carbons (Fsp3) is 0.933. The Morgan fingerprint density at radius 1 is 0.367 bits per heavy atom. The minimum absolute atomic E-state index is 0.102. The first-order chi connectivity index (χ1) is 37.8. The monoisotopic (exact) mass is 1170 g/mol. The maximum absolute atomic E-state index is 12.9. The highest BCUT2D eigenvalue weighted by Gasteiger charge is 2.30. The highest BCUT2D eigenvalue weighted by molar-refractivity contribution is 7.47. The molecule has 0 aliphatic heterocycles. The van der Waals surface area contributed by atoms with Crippen LogP contribution in [0.15, 0.2) is 0 Å². The summed E-state index contributed by atoms with van der Waals surface area (Å²) in [5.41, 5.74) is 0. The van der Waals surface area contributed by atoms with Crippen molar-refractivity contribution < 1.29 is 80.2 Å². The van der Waals surface area contributed by atoms with Crippen molar-refractivity contribution in [3.8, 4) is 0 Å². The van der Waals surface area contributed by atoms with Crippen molar-refractivity contribution >= 4 is 39.5 Å². The van der Waals surface area contributed by atoms with Crippen LogP contribution >= 0.6 is 15.6 Å². The van der Waals surface area contributed by atoms with E-state index in [0.717, 1.165) is 120 Å². The van der Waals surface area contributed by atoms with Gasteiger partial charge in [0.15, 0.2) is 12.2 Å². The van der Waals surface area contributed by atoms with Crippen LogP contribution in [0.25, 0.3) is 0 Å². The van der Waals surface area contributed by atoms with Gasteiger partial charge < -0.3 is 33.8 Å². The first-order valence-corrected chi connectivity index (χ1v) is 34.4. The third-order valence-corrected chi connectivity index (χ3v) is 16.3. The smallest absolute Gasteiger partial charge is 0.462 e. The van der Waals surface area contributed by atoms with E-state index >= 15 is 0 Å². The number of phosphoric acid groups is 2. The van der Waals surface area contributed by atoms with Crippen LogP contribution < -0.4 is 0 Å². The van der Waals surface area contributed by atoms with Crippen molar-refractivity contribution in [3.63, 3.8) is 0 Å². The average Bonchev–Trinajstić information content (AvgIpc) is 3.41. The molecule has 0 bridgehead atoms. The number of hydrogen-bond donors (Lipinski definition) is 3. The fourth-order valence-electron chi connectivity index (χ4n) is 8.71. The van der Waals surface area contributed by atoms with E-state index in [-0.39, 0.29) is 25.7 Å². The minimum atomic E-state index is -4.94. The van der Waals surface area contributed by atoms with Crippen LogP contribution in [0.2, 0.25) is 0 Å². The molecule has 0 radical (unpaired) electrons. The molecule has 0 spiro atoms. The third kappa shape index (κ3) is 52.6. The summed E-state index contributed by atoms with van der Waals surface area (Å²) >= 11 is 0. The summed E-state index contributed by atoms with van der Waals surface area (Å²) in [4.78, 5) is 71.9. The van der Waals surface area contributed by atoms with Gasteiger partial charge in [-0.15, -0.1) is 0 Å². The molecule has 0 saturated carbocycles. The molecule has 0 aliphatic rings. The van der Waals surface area contributed by atoms with Gasteiger partial charge in [0.05, 0.1) is 26.4 Å². The number of carbonyl (C=O) groups excluding carboxylic acids is 4. The lowest BCUT2D eigenvalue weighted by Gasteiger charge is -2.21. The summed E-state index contributed by atoms with van der Waals surface area (Å²) in [6.07, 6.45) is 30.9. The first-order valence-electron chi connectivity index (χ1n) is 31.4. The van der Waals surface area contributed by atoms with E-state index in [4.69, 9.17) is 37.0 Å². The summed E-state index contributed by atoms with van der Waals surface area (Å²) < 4.78 is 67.7. The lowest BCUT2D eigenvalue weighted by Crippen LogP contribution is -2.30. The lowest BCUT2D eigenvalue weighted by molar-refractivity contribution is -0.161. The van der Waals surface area contributed by atoms with Gasteiger partial charge in [-0.1, -0.05) is 235 Å². The van der Waals surface area contributed by atoms with Crippen molar-refractivity contribution in [1.82, 2.24) is 0 Å². The minimum Gasteiger partial charge on any atom is -0.462 e. The van der Waals surface area contributed by atoms with Crippen molar-refractivity contribution in [3.05, 3.63) is 0 Å². The van der Waals surface area contributed by atoms with Crippen LogP contribution in [0.4, 0.5) is 0 Å². The Morgan fingerprint density at radius 3 is 0.962 bits per heavy atom. The zero-order valence-electron chi connectivity index (χ0n) is 50.8. The van der Waals surface area contributed by atoms with Gasteiger partial charge in [-0.05, 0) is 43.4 Å². The zero-order chi connectivity index (χ0) is 58.8. The molecule has 4 unspecified atom stereocenters. The van der Waals surface area contributed by atoms with Gasteiger partial charge in [0.25, 0.3) is 0 Å². The molecule has 17 nitrogen and oxygen atoms in total. The summed E-state index contributed by atoms with van der Waals surface area (Å²) in [7, 11) is -9.88. The number of aliphatic hydroxyl groups is 1. The fourth-order valence-corrected chi connectivity index (χ4v) is 10.3. The summed E-state index contributed by atoms with van der Waals surface area (Å²) in [6.45, 7) is 11.6. The van der Waals surface area contributed by atoms with E-state index in [1.54, 1.807) is 0 Å². The van der Waals surface area contributed by atoms with Crippen LogP contribution in [0.5, 0.6) is 0 Å². The molecule has 0 heterocycles. The van der Waals surface area contributed by atoms with Gasteiger partial charge in [0, 0.05) is 25.7 Å². The van der Waals surface area contributed by atoms with Gasteiger partial charge in [-0.2, -0.15) is 0 Å². The number of esters is 4. The molecule has 0 aromatic rings. The Hall–Kier alpha value is -1.94. The molecule has 79 heavy (non-hydrogen) atoms. The van der Waals surface area contributed by atoms with Crippen molar-refractivity contribution in [2.75, 3.05) is 39.6 Å². The molecular weight excluding hydrogens is 1050 g/mol. The second-order valence-corrected chi connectivity index (χ2v) is 25.6. The quantitative estimate of drug-likeness (QED) is 0.0222. The van der Waals surface area contributed by atoms with Crippen LogP contribution in [0.1, 0.15) is 286 Å². The third-order valence-electron chi connectivity index (χ3n) is 14.4. The van der Waals surface area contributed by atoms with Crippen LogP contribution in [-0.4, -0.2) is 96.7 Å². The highest BCUT2D eigenvalue weighted by Crippen LogP contribution is 2.45. The van der Waals surface area contributed by atoms with Crippen molar-refractivity contribution in [2.24, 2.45) is 17.8 Å². The van der Waals surface area contributed by atoms with Crippen molar-refractivity contribution in [2.45, 2.75) is 304 Å². The number of aliphatic hydroxyl groups excluding tert-OH is 1. The second kappa shape index (κ2) is 51.7. The molecule has 468 valence electrons. The highest BCUT2D eigenvalue weighted by atomic mass is 31.2. The van der Waals surface area contributed by atoms with E-state index in [2.05, 4.69) is 48.5 Å². The molecule has 3 N–H and O–H groups in total. The lowest BCUT2D eigenvalue weighted by atomic mass is 10.00. The van der Waals surface area contributed by atoms with E-state index in [1.807, 2.05) is 0 Å². The molecular formula is C60H116O17P2. The van der Waals surface area contributed by atoms with Gasteiger partial charge >= 0.3 is 39.5 Å². The molecule has 19 heteroatoms.